The topological polar surface area (TPSA) is 42.1 Å². The highest BCUT2D eigenvalue weighted by atomic mass is 32.1. The molecular formula is C16H19F2N3S. The summed E-state index contributed by atoms with van der Waals surface area (Å²) in [5, 5.41) is 0.405. The van der Waals surface area contributed by atoms with Crippen LogP contribution in [0.25, 0.3) is 10.6 Å². The number of rotatable bonds is 4. The van der Waals surface area contributed by atoms with E-state index in [1.807, 2.05) is 0 Å². The van der Waals surface area contributed by atoms with Crippen molar-refractivity contribution in [3.8, 4) is 10.6 Å². The summed E-state index contributed by atoms with van der Waals surface area (Å²) in [5.41, 5.74) is 5.67. The van der Waals surface area contributed by atoms with Crippen molar-refractivity contribution in [3.05, 3.63) is 40.9 Å². The molecule has 1 aliphatic heterocycles. The van der Waals surface area contributed by atoms with E-state index in [2.05, 4.69) is 9.88 Å². The van der Waals surface area contributed by atoms with E-state index in [1.54, 1.807) is 6.20 Å². The lowest BCUT2D eigenvalue weighted by Crippen LogP contribution is -2.35. The van der Waals surface area contributed by atoms with Crippen LogP contribution < -0.4 is 5.73 Å². The Bertz CT molecular complexity index is 616. The molecule has 3 nitrogen and oxygen atoms in total. The lowest BCUT2D eigenvalue weighted by atomic mass is 9.97. The van der Waals surface area contributed by atoms with Crippen molar-refractivity contribution in [2.24, 2.45) is 11.7 Å². The largest absolute Gasteiger partial charge is 0.330 e. The molecule has 2 heterocycles. The highest BCUT2D eigenvalue weighted by Crippen LogP contribution is 2.30. The predicted molar refractivity (Wildman–Crippen MR) is 84.5 cm³/mol. The van der Waals surface area contributed by atoms with Gasteiger partial charge in [0, 0.05) is 17.6 Å². The number of hydrogen-bond donors (Lipinski definition) is 1. The van der Waals surface area contributed by atoms with Gasteiger partial charge in [0.15, 0.2) is 0 Å². The van der Waals surface area contributed by atoms with Crippen molar-refractivity contribution >= 4 is 11.3 Å². The number of aromatic nitrogens is 1. The van der Waals surface area contributed by atoms with Gasteiger partial charge in [0.2, 0.25) is 0 Å². The smallest absolute Gasteiger partial charge is 0.136 e. The number of nitrogens with zero attached hydrogens (tertiary/aromatic N) is 2. The van der Waals surface area contributed by atoms with Gasteiger partial charge in [-0.1, -0.05) is 6.07 Å². The van der Waals surface area contributed by atoms with E-state index in [1.165, 1.54) is 29.5 Å². The number of likely N-dealkylation sites (tertiary alicyclic amines) is 1. The molecule has 0 saturated carbocycles. The first-order chi connectivity index (χ1) is 10.7. The van der Waals surface area contributed by atoms with E-state index in [0.29, 0.717) is 10.9 Å². The van der Waals surface area contributed by atoms with Crippen molar-refractivity contribution in [2.45, 2.75) is 19.4 Å². The molecule has 22 heavy (non-hydrogen) atoms. The number of thiazole rings is 1. The Balaban J connectivity index is 1.70. The van der Waals surface area contributed by atoms with Crippen LogP contribution in [0.4, 0.5) is 8.78 Å². The van der Waals surface area contributed by atoms with Crippen molar-refractivity contribution in [1.82, 2.24) is 9.88 Å². The number of benzene rings is 1. The molecule has 2 N–H and O–H groups in total. The molecule has 118 valence electrons. The molecule has 0 atom stereocenters. The van der Waals surface area contributed by atoms with Gasteiger partial charge >= 0.3 is 0 Å². The number of halogens is 2. The molecule has 2 aromatic rings. The molecular weight excluding hydrogens is 304 g/mol. The zero-order chi connectivity index (χ0) is 15.5. The first kappa shape index (κ1) is 15.5. The maximum absolute atomic E-state index is 13.8. The number of piperidine rings is 1. The fraction of sp³-hybridized carbons (Fsp3) is 0.438. The summed E-state index contributed by atoms with van der Waals surface area (Å²) in [6, 6.07) is 3.89. The van der Waals surface area contributed by atoms with Crippen LogP contribution in [0.2, 0.25) is 0 Å². The first-order valence-electron chi connectivity index (χ1n) is 7.49. The number of nitrogens with two attached hydrogens (primary N) is 1. The second kappa shape index (κ2) is 6.81. The molecule has 1 aromatic heterocycles. The first-order valence-corrected chi connectivity index (χ1v) is 8.30. The minimum Gasteiger partial charge on any atom is -0.330 e. The van der Waals surface area contributed by atoms with Crippen molar-refractivity contribution in [3.63, 3.8) is 0 Å². The Morgan fingerprint density at radius 2 is 1.91 bits per heavy atom. The van der Waals surface area contributed by atoms with E-state index in [9.17, 15) is 8.78 Å². The summed E-state index contributed by atoms with van der Waals surface area (Å²) < 4.78 is 27.6. The van der Waals surface area contributed by atoms with Crippen LogP contribution in [0.1, 0.15) is 17.7 Å². The average molecular weight is 323 g/mol. The summed E-state index contributed by atoms with van der Waals surface area (Å²) in [6.07, 6.45) is 3.95. The fourth-order valence-corrected chi connectivity index (χ4v) is 3.80. The molecule has 1 aromatic carbocycles. The maximum Gasteiger partial charge on any atom is 0.136 e. The molecule has 0 radical (unpaired) electrons. The van der Waals surface area contributed by atoms with Gasteiger partial charge < -0.3 is 5.73 Å². The SMILES string of the molecule is NCC1CCN(Cc2cnc(-c3c(F)cccc3F)s2)CC1. The van der Waals surface area contributed by atoms with E-state index in [0.717, 1.165) is 43.9 Å². The third-order valence-corrected chi connectivity index (χ3v) is 5.15. The van der Waals surface area contributed by atoms with Crippen LogP contribution in [0.3, 0.4) is 0 Å². The maximum atomic E-state index is 13.8. The second-order valence-corrected chi connectivity index (χ2v) is 6.80. The third kappa shape index (κ3) is 3.34. The van der Waals surface area contributed by atoms with Gasteiger partial charge in [0.05, 0.1) is 5.56 Å². The molecule has 1 aliphatic rings. The van der Waals surface area contributed by atoms with Crippen molar-refractivity contribution in [2.75, 3.05) is 19.6 Å². The summed E-state index contributed by atoms with van der Waals surface area (Å²) in [7, 11) is 0. The highest BCUT2D eigenvalue weighted by molar-refractivity contribution is 7.15. The zero-order valence-electron chi connectivity index (χ0n) is 12.3. The van der Waals surface area contributed by atoms with Crippen LogP contribution in [-0.2, 0) is 6.54 Å². The minimum atomic E-state index is -0.565. The highest BCUT2D eigenvalue weighted by Gasteiger charge is 2.20. The Kier molecular flexibility index (Phi) is 4.81. The monoisotopic (exact) mass is 323 g/mol. The molecule has 0 bridgehead atoms. The summed E-state index contributed by atoms with van der Waals surface area (Å²) in [4.78, 5) is 7.58. The van der Waals surface area contributed by atoms with E-state index < -0.39 is 11.6 Å². The standard InChI is InChI=1S/C16H19F2N3S/c17-13-2-1-3-14(18)15(13)16-20-9-12(22-16)10-21-6-4-11(8-19)5-7-21/h1-3,9,11H,4-8,10,19H2. The van der Waals surface area contributed by atoms with Crippen LogP contribution >= 0.6 is 11.3 Å². The molecule has 1 fully saturated rings. The van der Waals surface area contributed by atoms with Crippen LogP contribution in [-0.4, -0.2) is 29.5 Å². The van der Waals surface area contributed by atoms with Gasteiger partial charge in [-0.2, -0.15) is 0 Å². The number of hydrogen-bond acceptors (Lipinski definition) is 4. The van der Waals surface area contributed by atoms with Crippen LogP contribution in [0, 0.1) is 17.6 Å². The normalized spacial score (nSPS) is 17.0. The molecule has 0 aliphatic carbocycles. The predicted octanol–water partition coefficient (Wildman–Crippen LogP) is 3.26. The molecule has 1 saturated heterocycles. The van der Waals surface area contributed by atoms with Gasteiger partial charge in [0.1, 0.15) is 16.6 Å². The Morgan fingerprint density at radius 3 is 2.55 bits per heavy atom. The Hall–Kier alpha value is -1.37. The summed E-state index contributed by atoms with van der Waals surface area (Å²) in [6.45, 7) is 3.57. The Labute approximate surface area is 132 Å². The quantitative estimate of drug-likeness (QED) is 0.939. The van der Waals surface area contributed by atoms with Crippen molar-refractivity contribution in [1.29, 1.82) is 0 Å². The van der Waals surface area contributed by atoms with Gasteiger partial charge in [-0.05, 0) is 50.5 Å². The van der Waals surface area contributed by atoms with Gasteiger partial charge in [-0.3, -0.25) is 4.90 Å². The van der Waals surface area contributed by atoms with Gasteiger partial charge in [-0.15, -0.1) is 11.3 Å². The van der Waals surface area contributed by atoms with Crippen LogP contribution in [0.5, 0.6) is 0 Å². The molecule has 0 spiro atoms. The molecule has 6 heteroatoms. The lowest BCUT2D eigenvalue weighted by molar-refractivity contribution is 0.182. The van der Waals surface area contributed by atoms with Crippen LogP contribution in [0.15, 0.2) is 24.4 Å². The molecule has 0 unspecified atom stereocenters. The van der Waals surface area contributed by atoms with Gasteiger partial charge in [-0.25, -0.2) is 13.8 Å². The molecule has 0 amide bonds. The van der Waals surface area contributed by atoms with E-state index >= 15 is 0 Å². The van der Waals surface area contributed by atoms with Crippen molar-refractivity contribution < 1.29 is 8.78 Å². The second-order valence-electron chi connectivity index (χ2n) is 5.68. The van der Waals surface area contributed by atoms with Gasteiger partial charge in [0.25, 0.3) is 0 Å². The lowest BCUT2D eigenvalue weighted by Gasteiger charge is -2.30. The Morgan fingerprint density at radius 1 is 1.23 bits per heavy atom. The van der Waals surface area contributed by atoms with E-state index in [-0.39, 0.29) is 5.56 Å². The summed E-state index contributed by atoms with van der Waals surface area (Å²) in [5.74, 6) is -0.505. The third-order valence-electron chi connectivity index (χ3n) is 4.15. The zero-order valence-corrected chi connectivity index (χ0v) is 13.1. The minimum absolute atomic E-state index is 0.0272. The molecule has 3 rings (SSSR count). The summed E-state index contributed by atoms with van der Waals surface area (Å²) >= 11 is 1.36. The fourth-order valence-electron chi connectivity index (χ4n) is 2.80. The average Bonchev–Trinajstić information content (AvgIpc) is 2.96. The van der Waals surface area contributed by atoms with E-state index in [4.69, 9.17) is 5.73 Å².